The third-order valence-electron chi connectivity index (χ3n) is 7.11. The number of nitrogens with zero attached hydrogens (tertiary/aromatic N) is 1. The summed E-state index contributed by atoms with van der Waals surface area (Å²) in [6.45, 7) is 0.0242. The lowest BCUT2D eigenvalue weighted by Crippen LogP contribution is -2.53. The van der Waals surface area contributed by atoms with Gasteiger partial charge in [0.05, 0.1) is 16.6 Å². The predicted octanol–water partition coefficient (Wildman–Crippen LogP) is 5.74. The van der Waals surface area contributed by atoms with Crippen LogP contribution in [0.25, 0.3) is 0 Å². The van der Waals surface area contributed by atoms with Crippen molar-refractivity contribution in [3.05, 3.63) is 56.0 Å². The van der Waals surface area contributed by atoms with Crippen molar-refractivity contribution in [2.24, 2.45) is 17.8 Å². The third-order valence-corrected chi connectivity index (χ3v) is 8.06. The van der Waals surface area contributed by atoms with Crippen molar-refractivity contribution in [1.29, 1.82) is 0 Å². The number of hydrogen-bond donors (Lipinski definition) is 3. The number of aliphatic carboxylic acids is 1. The zero-order chi connectivity index (χ0) is 27.7. The van der Waals surface area contributed by atoms with Gasteiger partial charge in [0.15, 0.2) is 0 Å². The zero-order valence-electron chi connectivity index (χ0n) is 19.1. The van der Waals surface area contributed by atoms with Crippen LogP contribution in [0.15, 0.2) is 30.3 Å². The second-order valence-electron chi connectivity index (χ2n) is 9.60. The molecule has 38 heavy (non-hydrogen) atoms. The highest BCUT2D eigenvalue weighted by atomic mass is 35.5. The molecule has 0 bridgehead atoms. The minimum Gasteiger partial charge on any atom is -0.481 e. The van der Waals surface area contributed by atoms with Gasteiger partial charge in [-0.1, -0.05) is 46.4 Å². The molecule has 1 aliphatic carbocycles. The number of carbonyl (C=O) groups is 3. The average molecular weight is 611 g/mol. The average Bonchev–Trinajstić information content (AvgIpc) is 3.47. The smallest absolute Gasteiger partial charge is 0.404 e. The van der Waals surface area contributed by atoms with E-state index in [0.717, 1.165) is 17.7 Å². The van der Waals surface area contributed by atoms with Crippen molar-refractivity contribution in [3.63, 3.8) is 0 Å². The largest absolute Gasteiger partial charge is 0.481 e. The van der Waals surface area contributed by atoms with Gasteiger partial charge in [-0.3, -0.25) is 19.7 Å². The molecule has 2 heterocycles. The minimum atomic E-state index is -5.11. The molecule has 0 radical (unpaired) electrons. The number of carboxylic acid groups (broad SMARTS) is 1. The fourth-order valence-corrected chi connectivity index (χ4v) is 6.41. The summed E-state index contributed by atoms with van der Waals surface area (Å²) in [5.41, 5.74) is -2.62. The van der Waals surface area contributed by atoms with Crippen molar-refractivity contribution < 1.29 is 32.7 Å². The number of fused-ring (bicyclic) bond motifs is 2. The van der Waals surface area contributed by atoms with Crippen LogP contribution in [0.3, 0.4) is 0 Å². The van der Waals surface area contributed by atoms with E-state index in [1.54, 1.807) is 0 Å². The first-order valence-corrected chi connectivity index (χ1v) is 12.9. The Bertz CT molecular complexity index is 1350. The molecule has 1 saturated heterocycles. The SMILES string of the molecule is O=C(O)[C@H]1[C@@H](C(=O)N(CC2CC2)c2cc(Cl)cc(Cl)c2)[C@@H](C(F)(F)F)NC12C(=O)Nc1c(Cl)cc(Cl)cc12. The molecular weight excluding hydrogens is 593 g/mol. The summed E-state index contributed by atoms with van der Waals surface area (Å²) in [6.07, 6.45) is -3.63. The molecule has 3 aliphatic rings. The molecule has 2 amide bonds. The van der Waals surface area contributed by atoms with Gasteiger partial charge in [0.2, 0.25) is 11.8 Å². The van der Waals surface area contributed by atoms with E-state index >= 15 is 0 Å². The summed E-state index contributed by atoms with van der Waals surface area (Å²) < 4.78 is 43.6. The summed E-state index contributed by atoms with van der Waals surface area (Å²) >= 11 is 24.5. The van der Waals surface area contributed by atoms with Gasteiger partial charge in [-0.05, 0) is 49.1 Å². The Morgan fingerprint density at radius 2 is 1.63 bits per heavy atom. The number of carbonyl (C=O) groups excluding carboxylic acids is 2. The Morgan fingerprint density at radius 3 is 2.18 bits per heavy atom. The van der Waals surface area contributed by atoms with Crippen LogP contribution in [0.1, 0.15) is 18.4 Å². The molecule has 1 spiro atoms. The highest BCUT2D eigenvalue weighted by molar-refractivity contribution is 6.38. The van der Waals surface area contributed by atoms with Crippen LogP contribution in [0.2, 0.25) is 20.1 Å². The Kier molecular flexibility index (Phi) is 6.79. The van der Waals surface area contributed by atoms with Crippen LogP contribution < -0.4 is 15.5 Å². The molecule has 7 nitrogen and oxygen atoms in total. The molecule has 3 N–H and O–H groups in total. The van der Waals surface area contributed by atoms with Crippen molar-refractivity contribution in [2.45, 2.75) is 30.6 Å². The standard InChI is InChI=1S/C24H18Cl4F3N3O4/c25-10-3-11(26)5-13(4-10)34(8-9-1-2-9)20(35)16-17(21(36)37)23(33-19(16)24(29,30)31)14-6-12(27)7-15(28)18(14)32-22(23)38/h3-7,9,16-17,19,33H,1-2,8H2,(H,32,38)(H,36,37)/t16-,17-,19+,23?/m1/s1. The maximum Gasteiger partial charge on any atom is 0.404 e. The highest BCUT2D eigenvalue weighted by Gasteiger charge is 2.71. The lowest BCUT2D eigenvalue weighted by atomic mass is 9.74. The van der Waals surface area contributed by atoms with Gasteiger partial charge in [0.25, 0.3) is 0 Å². The van der Waals surface area contributed by atoms with Crippen LogP contribution in [0, 0.1) is 17.8 Å². The zero-order valence-corrected chi connectivity index (χ0v) is 22.1. The topological polar surface area (TPSA) is 98.7 Å². The second-order valence-corrected chi connectivity index (χ2v) is 11.3. The monoisotopic (exact) mass is 609 g/mol. The van der Waals surface area contributed by atoms with Crippen LogP contribution in [0.5, 0.6) is 0 Å². The van der Waals surface area contributed by atoms with Crippen molar-refractivity contribution in [1.82, 2.24) is 5.32 Å². The van der Waals surface area contributed by atoms with Crippen molar-refractivity contribution in [2.75, 3.05) is 16.8 Å². The molecule has 4 atom stereocenters. The first-order chi connectivity index (χ1) is 17.7. The van der Waals surface area contributed by atoms with Crippen molar-refractivity contribution in [3.8, 4) is 0 Å². The quantitative estimate of drug-likeness (QED) is 0.401. The number of hydrogen-bond acceptors (Lipinski definition) is 4. The van der Waals surface area contributed by atoms with Crippen LogP contribution >= 0.6 is 46.4 Å². The maximum absolute atomic E-state index is 14.5. The lowest BCUT2D eigenvalue weighted by molar-refractivity contribution is -0.169. The van der Waals surface area contributed by atoms with E-state index < -0.39 is 47.4 Å². The Morgan fingerprint density at radius 1 is 1.03 bits per heavy atom. The fraction of sp³-hybridized carbons (Fsp3) is 0.375. The Hall–Kier alpha value is -2.24. The summed E-state index contributed by atoms with van der Waals surface area (Å²) in [5.74, 6) is -8.41. The van der Waals surface area contributed by atoms with Gasteiger partial charge >= 0.3 is 12.1 Å². The number of halogens is 7. The van der Waals surface area contributed by atoms with Crippen LogP contribution in [0.4, 0.5) is 24.5 Å². The summed E-state index contributed by atoms with van der Waals surface area (Å²) in [4.78, 5) is 41.2. The third kappa shape index (κ3) is 4.50. The molecular formula is C24H18Cl4F3N3O4. The lowest BCUT2D eigenvalue weighted by Gasteiger charge is -2.32. The predicted molar refractivity (Wildman–Crippen MR) is 136 cm³/mol. The summed E-state index contributed by atoms with van der Waals surface area (Å²) in [6, 6.07) is 3.85. The molecule has 14 heteroatoms. The molecule has 0 aromatic heterocycles. The van der Waals surface area contributed by atoms with E-state index in [4.69, 9.17) is 46.4 Å². The number of alkyl halides is 3. The van der Waals surface area contributed by atoms with E-state index in [9.17, 15) is 32.7 Å². The molecule has 1 saturated carbocycles. The summed E-state index contributed by atoms with van der Waals surface area (Å²) in [5, 5.41) is 15.0. The highest BCUT2D eigenvalue weighted by Crippen LogP contribution is 2.54. The van der Waals surface area contributed by atoms with Gasteiger partial charge < -0.3 is 15.3 Å². The first kappa shape index (κ1) is 27.3. The number of rotatable bonds is 5. The van der Waals surface area contributed by atoms with E-state index in [1.807, 2.05) is 0 Å². The van der Waals surface area contributed by atoms with Crippen molar-refractivity contribution >= 4 is 75.6 Å². The van der Waals surface area contributed by atoms with Gasteiger partial charge in [-0.25, -0.2) is 0 Å². The van der Waals surface area contributed by atoms with Gasteiger partial charge in [-0.15, -0.1) is 0 Å². The molecule has 202 valence electrons. The summed E-state index contributed by atoms with van der Waals surface area (Å²) in [7, 11) is 0. The number of carboxylic acids is 1. The molecule has 2 aromatic carbocycles. The van der Waals surface area contributed by atoms with E-state index in [-0.39, 0.29) is 49.5 Å². The maximum atomic E-state index is 14.5. The molecule has 2 fully saturated rings. The second kappa shape index (κ2) is 9.45. The fourth-order valence-electron chi connectivity index (χ4n) is 5.35. The van der Waals surface area contributed by atoms with Gasteiger partial charge in [0, 0.05) is 32.9 Å². The normalized spacial score (nSPS) is 26.4. The molecule has 5 rings (SSSR count). The Balaban J connectivity index is 1.69. The minimum absolute atomic E-state index is 0.000706. The number of benzene rings is 2. The first-order valence-electron chi connectivity index (χ1n) is 11.4. The van der Waals surface area contributed by atoms with Gasteiger partial charge in [-0.2, -0.15) is 13.2 Å². The molecule has 2 aliphatic heterocycles. The van der Waals surface area contributed by atoms with E-state index in [2.05, 4.69) is 10.6 Å². The van der Waals surface area contributed by atoms with Gasteiger partial charge in [0.1, 0.15) is 17.5 Å². The number of anilines is 2. The van der Waals surface area contributed by atoms with Crippen LogP contribution in [-0.4, -0.2) is 41.7 Å². The number of amides is 2. The van der Waals surface area contributed by atoms with E-state index in [0.29, 0.717) is 0 Å². The van der Waals surface area contributed by atoms with E-state index in [1.165, 1.54) is 30.3 Å². The Labute approximate surface area is 234 Å². The molecule has 1 unspecified atom stereocenters. The van der Waals surface area contributed by atoms with Crippen LogP contribution in [-0.2, 0) is 19.9 Å². The molecule has 2 aromatic rings. The number of nitrogens with one attached hydrogen (secondary N) is 2.